The van der Waals surface area contributed by atoms with Crippen LogP contribution in [0, 0.1) is 11.3 Å². The molecule has 0 amide bonds. The van der Waals surface area contributed by atoms with Crippen molar-refractivity contribution in [2.75, 3.05) is 17.2 Å². The summed E-state index contributed by atoms with van der Waals surface area (Å²) in [6, 6.07) is 8.62. The van der Waals surface area contributed by atoms with Crippen LogP contribution in [0.1, 0.15) is 32.8 Å². The molecule has 0 bridgehead atoms. The van der Waals surface area contributed by atoms with Gasteiger partial charge in [0.05, 0.1) is 12.5 Å². The van der Waals surface area contributed by atoms with Crippen LogP contribution < -0.4 is 10.6 Å². The number of benzene rings is 1. The predicted octanol–water partition coefficient (Wildman–Crippen LogP) is 2.96. The van der Waals surface area contributed by atoms with Gasteiger partial charge in [0.2, 0.25) is 0 Å². The molecule has 0 aliphatic heterocycles. The quantitative estimate of drug-likeness (QED) is 0.793. The van der Waals surface area contributed by atoms with Crippen LogP contribution >= 0.6 is 0 Å². The Morgan fingerprint density at radius 2 is 2.12 bits per heavy atom. The fourth-order valence-corrected chi connectivity index (χ4v) is 1.98. The summed E-state index contributed by atoms with van der Waals surface area (Å²) in [5.74, 6) is 0. The fraction of sp³-hybridized carbons (Fsp3) is 0.500. The molecular formula is C14H21N3. The molecule has 1 aromatic carbocycles. The standard InChI is InChI=1S/C14H21N3/c1-4-11(3)17(5-2)13-6-7-14(16)12(10-13)8-9-15/h6-7,10-11H,4-5,8,16H2,1-3H3. The van der Waals surface area contributed by atoms with E-state index in [2.05, 4.69) is 31.7 Å². The summed E-state index contributed by atoms with van der Waals surface area (Å²) in [4.78, 5) is 2.33. The van der Waals surface area contributed by atoms with Crippen LogP contribution in [0.15, 0.2) is 18.2 Å². The minimum atomic E-state index is 0.373. The second-order valence-corrected chi connectivity index (χ2v) is 4.26. The first-order valence-electron chi connectivity index (χ1n) is 6.16. The van der Waals surface area contributed by atoms with Gasteiger partial charge >= 0.3 is 0 Å². The van der Waals surface area contributed by atoms with Crippen molar-refractivity contribution in [3.05, 3.63) is 23.8 Å². The molecule has 0 aromatic heterocycles. The Bertz CT molecular complexity index is 406. The van der Waals surface area contributed by atoms with Crippen LogP contribution in [-0.4, -0.2) is 12.6 Å². The largest absolute Gasteiger partial charge is 0.398 e. The minimum Gasteiger partial charge on any atom is -0.398 e. The smallest absolute Gasteiger partial charge is 0.0670 e. The molecular weight excluding hydrogens is 210 g/mol. The highest BCUT2D eigenvalue weighted by atomic mass is 15.1. The topological polar surface area (TPSA) is 53.0 Å². The zero-order valence-electron chi connectivity index (χ0n) is 10.9. The van der Waals surface area contributed by atoms with Crippen molar-refractivity contribution in [1.29, 1.82) is 5.26 Å². The lowest BCUT2D eigenvalue weighted by atomic mass is 10.1. The summed E-state index contributed by atoms with van der Waals surface area (Å²) in [7, 11) is 0. The maximum atomic E-state index is 8.77. The normalized spacial score (nSPS) is 11.9. The lowest BCUT2D eigenvalue weighted by molar-refractivity contribution is 0.630. The molecule has 1 aromatic rings. The third-order valence-electron chi connectivity index (χ3n) is 3.19. The van der Waals surface area contributed by atoms with E-state index < -0.39 is 0 Å². The van der Waals surface area contributed by atoms with Crippen molar-refractivity contribution < 1.29 is 0 Å². The Labute approximate surface area is 104 Å². The molecule has 0 saturated carbocycles. The molecule has 0 aliphatic carbocycles. The number of anilines is 2. The number of nitrogens with two attached hydrogens (primary N) is 1. The van der Waals surface area contributed by atoms with Gasteiger partial charge in [-0.05, 0) is 44.0 Å². The van der Waals surface area contributed by atoms with Gasteiger partial charge < -0.3 is 10.6 Å². The van der Waals surface area contributed by atoms with E-state index in [0.717, 1.165) is 24.2 Å². The monoisotopic (exact) mass is 231 g/mol. The highest BCUT2D eigenvalue weighted by Gasteiger charge is 2.12. The van der Waals surface area contributed by atoms with Gasteiger partial charge in [0, 0.05) is 24.0 Å². The molecule has 1 rings (SSSR count). The van der Waals surface area contributed by atoms with E-state index in [1.54, 1.807) is 0 Å². The molecule has 0 aliphatic rings. The van der Waals surface area contributed by atoms with Crippen molar-refractivity contribution in [3.8, 4) is 6.07 Å². The molecule has 0 radical (unpaired) electrons. The van der Waals surface area contributed by atoms with Gasteiger partial charge in [0.15, 0.2) is 0 Å². The van der Waals surface area contributed by atoms with E-state index in [1.165, 1.54) is 0 Å². The second-order valence-electron chi connectivity index (χ2n) is 4.26. The van der Waals surface area contributed by atoms with Crippen LogP contribution in [0.5, 0.6) is 0 Å². The summed E-state index contributed by atoms with van der Waals surface area (Å²) < 4.78 is 0. The number of hydrogen-bond donors (Lipinski definition) is 1. The Balaban J connectivity index is 3.05. The van der Waals surface area contributed by atoms with Gasteiger partial charge in [-0.3, -0.25) is 0 Å². The molecule has 1 unspecified atom stereocenters. The van der Waals surface area contributed by atoms with Gasteiger partial charge in [-0.2, -0.15) is 5.26 Å². The summed E-state index contributed by atoms with van der Waals surface area (Å²) >= 11 is 0. The van der Waals surface area contributed by atoms with Crippen molar-refractivity contribution >= 4 is 11.4 Å². The van der Waals surface area contributed by atoms with Crippen molar-refractivity contribution in [1.82, 2.24) is 0 Å². The van der Waals surface area contributed by atoms with E-state index in [9.17, 15) is 0 Å². The van der Waals surface area contributed by atoms with Gasteiger partial charge in [0.1, 0.15) is 0 Å². The SMILES string of the molecule is CCC(C)N(CC)c1ccc(N)c(CC#N)c1. The molecule has 0 saturated heterocycles. The van der Waals surface area contributed by atoms with Gasteiger partial charge in [-0.25, -0.2) is 0 Å². The molecule has 2 N–H and O–H groups in total. The molecule has 92 valence electrons. The van der Waals surface area contributed by atoms with E-state index in [-0.39, 0.29) is 0 Å². The molecule has 3 nitrogen and oxygen atoms in total. The summed E-state index contributed by atoms with van der Waals surface area (Å²) in [6.45, 7) is 7.50. The Morgan fingerprint density at radius 1 is 1.41 bits per heavy atom. The van der Waals surface area contributed by atoms with Crippen molar-refractivity contribution in [2.24, 2.45) is 0 Å². The lowest BCUT2D eigenvalue weighted by Crippen LogP contribution is -2.32. The zero-order valence-corrected chi connectivity index (χ0v) is 10.9. The predicted molar refractivity (Wildman–Crippen MR) is 72.9 cm³/mol. The van der Waals surface area contributed by atoms with Crippen molar-refractivity contribution in [2.45, 2.75) is 39.7 Å². The molecule has 0 heterocycles. The first kappa shape index (κ1) is 13.4. The van der Waals surface area contributed by atoms with Crippen LogP contribution in [0.3, 0.4) is 0 Å². The maximum Gasteiger partial charge on any atom is 0.0670 e. The fourth-order valence-electron chi connectivity index (χ4n) is 1.98. The van der Waals surface area contributed by atoms with Crippen LogP contribution in [-0.2, 0) is 6.42 Å². The van der Waals surface area contributed by atoms with Gasteiger partial charge in [-0.15, -0.1) is 0 Å². The Kier molecular flexibility index (Phi) is 4.84. The van der Waals surface area contributed by atoms with Crippen LogP contribution in [0.2, 0.25) is 0 Å². The van der Waals surface area contributed by atoms with E-state index in [1.807, 2.05) is 18.2 Å². The second kappa shape index (κ2) is 6.15. The summed E-state index contributed by atoms with van der Waals surface area (Å²) in [6.07, 6.45) is 1.48. The summed E-state index contributed by atoms with van der Waals surface area (Å²) in [5, 5.41) is 8.77. The zero-order chi connectivity index (χ0) is 12.8. The number of rotatable bonds is 5. The highest BCUT2D eigenvalue weighted by Crippen LogP contribution is 2.23. The third kappa shape index (κ3) is 3.13. The number of hydrogen-bond acceptors (Lipinski definition) is 3. The number of nitriles is 1. The molecule has 0 spiro atoms. The first-order chi connectivity index (χ1) is 8.13. The van der Waals surface area contributed by atoms with Crippen LogP contribution in [0.4, 0.5) is 11.4 Å². The van der Waals surface area contributed by atoms with Crippen molar-refractivity contribution in [3.63, 3.8) is 0 Å². The number of nitrogen functional groups attached to an aromatic ring is 1. The maximum absolute atomic E-state index is 8.77. The van der Waals surface area contributed by atoms with Gasteiger partial charge in [-0.1, -0.05) is 6.92 Å². The van der Waals surface area contributed by atoms with Crippen LogP contribution in [0.25, 0.3) is 0 Å². The summed E-state index contributed by atoms with van der Waals surface area (Å²) in [5.41, 5.74) is 8.64. The van der Waals surface area contributed by atoms with E-state index >= 15 is 0 Å². The number of nitrogens with zero attached hydrogens (tertiary/aromatic N) is 2. The average molecular weight is 231 g/mol. The highest BCUT2D eigenvalue weighted by molar-refractivity contribution is 5.59. The molecule has 1 atom stereocenters. The van der Waals surface area contributed by atoms with Gasteiger partial charge in [0.25, 0.3) is 0 Å². The Hall–Kier alpha value is -1.69. The molecule has 3 heteroatoms. The Morgan fingerprint density at radius 3 is 2.65 bits per heavy atom. The lowest BCUT2D eigenvalue weighted by Gasteiger charge is -2.30. The minimum absolute atomic E-state index is 0.373. The first-order valence-corrected chi connectivity index (χ1v) is 6.16. The molecule has 0 fully saturated rings. The molecule has 17 heavy (non-hydrogen) atoms. The van der Waals surface area contributed by atoms with E-state index in [4.69, 9.17) is 11.0 Å². The van der Waals surface area contributed by atoms with E-state index in [0.29, 0.717) is 18.2 Å². The third-order valence-corrected chi connectivity index (χ3v) is 3.19. The average Bonchev–Trinajstić information content (AvgIpc) is 2.34.